The number of hydrogen-bond donors (Lipinski definition) is 2. The van der Waals surface area contributed by atoms with E-state index in [2.05, 4.69) is 98.8 Å². The van der Waals surface area contributed by atoms with Crippen LogP contribution in [-0.2, 0) is 12.8 Å². The zero-order chi connectivity index (χ0) is 48.3. The summed E-state index contributed by atoms with van der Waals surface area (Å²) in [5.74, 6) is 5.71. The summed E-state index contributed by atoms with van der Waals surface area (Å²) in [5, 5.41) is 26.7. The van der Waals surface area contributed by atoms with Gasteiger partial charge in [-0.15, -0.1) is 0 Å². The van der Waals surface area contributed by atoms with Crippen LogP contribution in [0, 0.1) is 11.8 Å². The number of aryl methyl sites for hydroxylation is 2. The number of phenols is 2. The summed E-state index contributed by atoms with van der Waals surface area (Å²) < 4.78 is 12.3. The van der Waals surface area contributed by atoms with Crippen molar-refractivity contribution in [1.29, 1.82) is 0 Å². The van der Waals surface area contributed by atoms with Gasteiger partial charge in [0.05, 0.1) is 13.2 Å². The smallest absolute Gasteiger partial charge is 0.124 e. The van der Waals surface area contributed by atoms with Crippen LogP contribution in [-0.4, -0.2) is 23.4 Å². The molecule has 4 heteroatoms. The molecule has 0 radical (unpaired) electrons. The zero-order valence-corrected chi connectivity index (χ0v) is 43.2. The van der Waals surface area contributed by atoms with Crippen LogP contribution < -0.4 is 9.47 Å². The standard InChI is InChI=1S/C66H86O4/c1-3-5-11-17-49-21-27-53(28-22-49)55-31-37-59(38-32-55)69-45-15-9-7-13-19-51-25-41-61-57(47-51)35-43-63(67)65(61)66-62-42-26-52(48-58(62)36-44-64(66)68)20-14-8-10-16-46-70-60-39-33-56(34-40-60)54-29-23-50(24-30-54)18-12-6-4-2/h25-26,31-44,47-50,53-54,67-68H,3-24,27-30,45-46H2,1-2H3. The summed E-state index contributed by atoms with van der Waals surface area (Å²) in [6.07, 6.45) is 33.1. The van der Waals surface area contributed by atoms with E-state index in [-0.39, 0.29) is 11.5 Å². The number of unbranched alkanes of at least 4 members (excludes halogenated alkanes) is 10. The first-order valence-electron chi connectivity index (χ1n) is 28.4. The molecule has 2 aliphatic rings. The Hall–Kier alpha value is -4.96. The molecule has 6 aromatic rings. The second-order valence-electron chi connectivity index (χ2n) is 21.6. The summed E-state index contributed by atoms with van der Waals surface area (Å²) >= 11 is 0. The van der Waals surface area contributed by atoms with Crippen molar-refractivity contribution in [3.63, 3.8) is 0 Å². The van der Waals surface area contributed by atoms with E-state index in [1.807, 2.05) is 12.1 Å². The maximum absolute atomic E-state index is 11.3. The molecular weight excluding hydrogens is 857 g/mol. The van der Waals surface area contributed by atoms with E-state index < -0.39 is 0 Å². The van der Waals surface area contributed by atoms with Crippen molar-refractivity contribution < 1.29 is 19.7 Å². The molecule has 0 aliphatic heterocycles. The Morgan fingerprint density at radius 3 is 1.20 bits per heavy atom. The van der Waals surface area contributed by atoms with E-state index in [0.29, 0.717) is 11.1 Å². The maximum Gasteiger partial charge on any atom is 0.124 e. The van der Waals surface area contributed by atoms with Crippen molar-refractivity contribution in [3.05, 3.63) is 131 Å². The second-order valence-corrected chi connectivity index (χ2v) is 21.6. The number of aromatic hydroxyl groups is 2. The Bertz CT molecular complexity index is 2300. The largest absolute Gasteiger partial charge is 0.507 e. The molecule has 8 rings (SSSR count). The molecule has 4 nitrogen and oxygen atoms in total. The Balaban J connectivity index is 0.742. The molecule has 374 valence electrons. The number of fused-ring (bicyclic) bond motifs is 2. The average Bonchev–Trinajstić information content (AvgIpc) is 3.39. The number of ether oxygens (including phenoxy) is 2. The number of rotatable bonds is 27. The first kappa shape index (κ1) is 51.4. The molecular formula is C66H86O4. The van der Waals surface area contributed by atoms with Gasteiger partial charge in [0.1, 0.15) is 23.0 Å². The molecule has 0 atom stereocenters. The third-order valence-electron chi connectivity index (χ3n) is 16.5. The van der Waals surface area contributed by atoms with Crippen LogP contribution in [0.25, 0.3) is 32.7 Å². The van der Waals surface area contributed by atoms with E-state index in [1.165, 1.54) is 138 Å². The van der Waals surface area contributed by atoms with Gasteiger partial charge in [-0.2, -0.15) is 0 Å². The predicted molar refractivity (Wildman–Crippen MR) is 296 cm³/mol. The summed E-state index contributed by atoms with van der Waals surface area (Å²) in [6.45, 7) is 6.13. The molecule has 70 heavy (non-hydrogen) atoms. The first-order chi connectivity index (χ1) is 34.4. The van der Waals surface area contributed by atoms with Gasteiger partial charge in [0.2, 0.25) is 0 Å². The summed E-state index contributed by atoms with van der Waals surface area (Å²) in [5.41, 5.74) is 6.98. The van der Waals surface area contributed by atoms with E-state index in [1.54, 1.807) is 12.1 Å². The van der Waals surface area contributed by atoms with Crippen molar-refractivity contribution in [1.82, 2.24) is 0 Å². The normalized spacial score (nSPS) is 18.4. The monoisotopic (exact) mass is 943 g/mol. The number of phenolic OH excluding ortho intramolecular Hbond substituents is 2. The molecule has 0 spiro atoms. The Morgan fingerprint density at radius 1 is 0.400 bits per heavy atom. The van der Waals surface area contributed by atoms with Crippen molar-refractivity contribution >= 4 is 21.5 Å². The van der Waals surface area contributed by atoms with E-state index >= 15 is 0 Å². The minimum Gasteiger partial charge on any atom is -0.507 e. The highest BCUT2D eigenvalue weighted by atomic mass is 16.5. The lowest BCUT2D eigenvalue weighted by atomic mass is 9.77. The lowest BCUT2D eigenvalue weighted by Gasteiger charge is -2.29. The molecule has 2 aliphatic carbocycles. The molecule has 0 unspecified atom stereocenters. The second kappa shape index (κ2) is 27.0. The molecule has 0 bridgehead atoms. The fourth-order valence-electron chi connectivity index (χ4n) is 12.1. The topological polar surface area (TPSA) is 58.9 Å². The molecule has 2 fully saturated rings. The van der Waals surface area contributed by atoms with Gasteiger partial charge in [0.15, 0.2) is 0 Å². The van der Waals surface area contributed by atoms with Crippen LogP contribution in [0.5, 0.6) is 23.0 Å². The summed E-state index contributed by atoms with van der Waals surface area (Å²) in [7, 11) is 0. The van der Waals surface area contributed by atoms with Gasteiger partial charge in [0.25, 0.3) is 0 Å². The SMILES string of the molecule is CCCCCC1CCC(c2ccc(OCCCCCCc3ccc4c(-c5c(O)ccc6cc(CCCCCCOc7ccc(C8CCC(CCCCC)CC8)cc7)ccc56)c(O)ccc4c3)cc2)CC1. The number of hydrogen-bond acceptors (Lipinski definition) is 4. The van der Waals surface area contributed by atoms with Gasteiger partial charge in [-0.25, -0.2) is 0 Å². The van der Waals surface area contributed by atoms with Gasteiger partial charge in [-0.1, -0.05) is 164 Å². The van der Waals surface area contributed by atoms with E-state index in [0.717, 1.165) is 121 Å². The van der Waals surface area contributed by atoms with Crippen molar-refractivity contribution in [3.8, 4) is 34.1 Å². The van der Waals surface area contributed by atoms with Crippen LogP contribution in [0.15, 0.2) is 109 Å². The third kappa shape index (κ3) is 14.6. The molecule has 0 aromatic heterocycles. The van der Waals surface area contributed by atoms with E-state index in [9.17, 15) is 10.2 Å². The zero-order valence-electron chi connectivity index (χ0n) is 43.2. The van der Waals surface area contributed by atoms with Crippen LogP contribution in [0.3, 0.4) is 0 Å². The van der Waals surface area contributed by atoms with E-state index in [4.69, 9.17) is 9.47 Å². The third-order valence-corrected chi connectivity index (χ3v) is 16.5. The highest BCUT2D eigenvalue weighted by Gasteiger charge is 2.24. The van der Waals surface area contributed by atoms with Crippen LogP contribution >= 0.6 is 0 Å². The summed E-state index contributed by atoms with van der Waals surface area (Å²) in [4.78, 5) is 0. The molecule has 2 saturated carbocycles. The Morgan fingerprint density at radius 2 is 0.800 bits per heavy atom. The van der Waals surface area contributed by atoms with Crippen LogP contribution in [0.1, 0.15) is 202 Å². The number of benzene rings is 6. The molecule has 6 aromatic carbocycles. The Labute approximate surface area is 422 Å². The van der Waals surface area contributed by atoms with Crippen LogP contribution in [0.4, 0.5) is 0 Å². The minimum atomic E-state index is 0.187. The van der Waals surface area contributed by atoms with Gasteiger partial charge < -0.3 is 19.7 Å². The molecule has 2 N–H and O–H groups in total. The Kier molecular flexibility index (Phi) is 19.8. The molecule has 0 amide bonds. The highest BCUT2D eigenvalue weighted by Crippen LogP contribution is 2.45. The van der Waals surface area contributed by atoms with Crippen LogP contribution in [0.2, 0.25) is 0 Å². The van der Waals surface area contributed by atoms with Gasteiger partial charge >= 0.3 is 0 Å². The molecule has 0 saturated heterocycles. The quantitative estimate of drug-likeness (QED) is 0.0505. The molecule has 0 heterocycles. The fraction of sp³-hybridized carbons (Fsp3) is 0.515. The maximum atomic E-state index is 11.3. The van der Waals surface area contributed by atoms with Gasteiger partial charge in [-0.05, 0) is 194 Å². The lowest BCUT2D eigenvalue weighted by molar-refractivity contribution is 0.299. The lowest BCUT2D eigenvalue weighted by Crippen LogP contribution is -2.13. The summed E-state index contributed by atoms with van der Waals surface area (Å²) in [6, 6.07) is 38.7. The van der Waals surface area contributed by atoms with Gasteiger partial charge in [-0.3, -0.25) is 0 Å². The first-order valence-corrected chi connectivity index (χ1v) is 28.4. The fourth-order valence-corrected chi connectivity index (χ4v) is 12.1. The van der Waals surface area contributed by atoms with Crippen molar-refractivity contribution in [2.45, 2.75) is 193 Å². The highest BCUT2D eigenvalue weighted by molar-refractivity contribution is 6.09. The van der Waals surface area contributed by atoms with Crippen molar-refractivity contribution in [2.75, 3.05) is 13.2 Å². The minimum absolute atomic E-state index is 0.187. The predicted octanol–water partition coefficient (Wildman–Crippen LogP) is 19.1. The van der Waals surface area contributed by atoms with Gasteiger partial charge in [0, 0.05) is 11.1 Å². The average molecular weight is 943 g/mol. The van der Waals surface area contributed by atoms with Crippen molar-refractivity contribution in [2.24, 2.45) is 11.8 Å².